The number of amides is 1. The van der Waals surface area contributed by atoms with Crippen molar-refractivity contribution >= 4 is 17.8 Å². The molecule has 1 unspecified atom stereocenters. The minimum Gasteiger partial charge on any atom is -0.462 e. The highest BCUT2D eigenvalue weighted by molar-refractivity contribution is 6.02. The number of aromatic nitrogens is 1. The summed E-state index contributed by atoms with van der Waals surface area (Å²) >= 11 is 0. The third-order valence-corrected chi connectivity index (χ3v) is 2.45. The van der Waals surface area contributed by atoms with Crippen molar-refractivity contribution in [2.75, 3.05) is 18.1 Å². The van der Waals surface area contributed by atoms with Crippen LogP contribution in [-0.4, -0.2) is 36.2 Å². The molecule has 2 rings (SSSR count). The molecule has 0 spiro atoms. The molecular formula is C10H13N3O4. The van der Waals surface area contributed by atoms with Crippen molar-refractivity contribution in [3.8, 4) is 0 Å². The zero-order chi connectivity index (χ0) is 12.4. The third-order valence-electron chi connectivity index (χ3n) is 2.45. The normalized spacial score (nSPS) is 19.8. The second-order valence-corrected chi connectivity index (χ2v) is 3.73. The van der Waals surface area contributed by atoms with Crippen LogP contribution in [0.5, 0.6) is 0 Å². The van der Waals surface area contributed by atoms with Gasteiger partial charge in [-0.05, 0) is 6.92 Å². The Morgan fingerprint density at radius 1 is 1.76 bits per heavy atom. The van der Waals surface area contributed by atoms with Gasteiger partial charge in [-0.2, -0.15) is 0 Å². The SMILES string of the molecule is CCOC(=O)c1cnoc1N1CC(N)CC1=O. The number of nitrogens with zero attached hydrogens (tertiary/aromatic N) is 2. The summed E-state index contributed by atoms with van der Waals surface area (Å²) in [4.78, 5) is 24.5. The Labute approximate surface area is 97.5 Å². The van der Waals surface area contributed by atoms with E-state index in [4.69, 9.17) is 15.0 Å². The van der Waals surface area contributed by atoms with Crippen molar-refractivity contribution in [3.63, 3.8) is 0 Å². The summed E-state index contributed by atoms with van der Waals surface area (Å²) in [6, 6.07) is -0.248. The molecule has 1 fully saturated rings. The van der Waals surface area contributed by atoms with Gasteiger partial charge >= 0.3 is 5.97 Å². The number of carbonyl (C=O) groups is 2. The maximum absolute atomic E-state index is 11.6. The first-order chi connectivity index (χ1) is 8.13. The van der Waals surface area contributed by atoms with Crippen molar-refractivity contribution < 1.29 is 18.8 Å². The summed E-state index contributed by atoms with van der Waals surface area (Å²) in [5.74, 6) is -0.627. The Morgan fingerprint density at radius 3 is 3.12 bits per heavy atom. The van der Waals surface area contributed by atoms with E-state index in [2.05, 4.69) is 5.16 Å². The van der Waals surface area contributed by atoms with Crippen LogP contribution in [0.2, 0.25) is 0 Å². The lowest BCUT2D eigenvalue weighted by Crippen LogP contribution is -2.29. The number of esters is 1. The fourth-order valence-corrected chi connectivity index (χ4v) is 1.71. The monoisotopic (exact) mass is 239 g/mol. The molecule has 1 aliphatic rings. The third kappa shape index (κ3) is 2.14. The lowest BCUT2D eigenvalue weighted by atomic mass is 10.3. The first-order valence-electron chi connectivity index (χ1n) is 5.31. The van der Waals surface area contributed by atoms with Crippen LogP contribution in [-0.2, 0) is 9.53 Å². The number of hydrogen-bond acceptors (Lipinski definition) is 6. The number of rotatable bonds is 3. The molecule has 0 aromatic carbocycles. The summed E-state index contributed by atoms with van der Waals surface area (Å²) in [6.45, 7) is 2.26. The summed E-state index contributed by atoms with van der Waals surface area (Å²) in [5.41, 5.74) is 5.81. The molecule has 7 heteroatoms. The quantitative estimate of drug-likeness (QED) is 0.740. The Balaban J connectivity index is 2.25. The average Bonchev–Trinajstić information content (AvgIpc) is 2.84. The zero-order valence-electron chi connectivity index (χ0n) is 9.38. The van der Waals surface area contributed by atoms with Crippen LogP contribution in [0, 0.1) is 0 Å². The van der Waals surface area contributed by atoms with Crippen LogP contribution in [0.25, 0.3) is 0 Å². The minimum absolute atomic E-state index is 0.112. The van der Waals surface area contributed by atoms with Gasteiger partial charge in [0.1, 0.15) is 5.56 Å². The van der Waals surface area contributed by atoms with E-state index >= 15 is 0 Å². The second-order valence-electron chi connectivity index (χ2n) is 3.73. The highest BCUT2D eigenvalue weighted by atomic mass is 16.5. The Kier molecular flexibility index (Phi) is 3.10. The summed E-state index contributed by atoms with van der Waals surface area (Å²) in [6.07, 6.45) is 1.48. The summed E-state index contributed by atoms with van der Waals surface area (Å²) < 4.78 is 9.77. The smallest absolute Gasteiger partial charge is 0.345 e. The van der Waals surface area contributed by atoms with Gasteiger partial charge in [0, 0.05) is 19.0 Å². The van der Waals surface area contributed by atoms with Crippen molar-refractivity contribution in [1.29, 1.82) is 0 Å². The number of ether oxygens (including phenoxy) is 1. The first kappa shape index (κ1) is 11.6. The second kappa shape index (κ2) is 4.54. The maximum atomic E-state index is 11.6. The van der Waals surface area contributed by atoms with E-state index in [0.29, 0.717) is 6.54 Å². The fraction of sp³-hybridized carbons (Fsp3) is 0.500. The molecule has 0 radical (unpaired) electrons. The largest absolute Gasteiger partial charge is 0.462 e. The van der Waals surface area contributed by atoms with Crippen molar-refractivity contribution in [3.05, 3.63) is 11.8 Å². The van der Waals surface area contributed by atoms with E-state index in [-0.39, 0.29) is 36.4 Å². The molecule has 1 amide bonds. The van der Waals surface area contributed by atoms with Gasteiger partial charge in [0.05, 0.1) is 12.8 Å². The minimum atomic E-state index is -0.558. The Bertz CT molecular complexity index is 443. The molecule has 0 saturated carbocycles. The predicted molar refractivity (Wildman–Crippen MR) is 57.4 cm³/mol. The Hall–Kier alpha value is -1.89. The molecule has 2 heterocycles. The molecule has 1 atom stereocenters. The van der Waals surface area contributed by atoms with Crippen LogP contribution in [0.15, 0.2) is 10.7 Å². The predicted octanol–water partition coefficient (Wildman–Crippen LogP) is -0.0847. The molecule has 1 aliphatic heterocycles. The van der Waals surface area contributed by atoms with E-state index in [1.807, 2.05) is 0 Å². The molecule has 7 nitrogen and oxygen atoms in total. The lowest BCUT2D eigenvalue weighted by Gasteiger charge is -2.12. The van der Waals surface area contributed by atoms with Crippen molar-refractivity contribution in [2.24, 2.45) is 5.73 Å². The standard InChI is InChI=1S/C10H13N3O4/c1-2-16-10(15)7-4-12-17-9(7)13-5-6(11)3-8(13)14/h4,6H,2-3,5,11H2,1H3. The van der Waals surface area contributed by atoms with E-state index in [1.165, 1.54) is 11.1 Å². The van der Waals surface area contributed by atoms with E-state index in [1.54, 1.807) is 6.92 Å². The van der Waals surface area contributed by atoms with Gasteiger partial charge in [0.25, 0.3) is 0 Å². The number of carbonyl (C=O) groups excluding carboxylic acids is 2. The number of nitrogens with two attached hydrogens (primary N) is 1. The molecule has 1 aromatic rings. The molecular weight excluding hydrogens is 226 g/mol. The summed E-state index contributed by atoms with van der Waals surface area (Å²) in [7, 11) is 0. The molecule has 0 bridgehead atoms. The average molecular weight is 239 g/mol. The van der Waals surface area contributed by atoms with Gasteiger partial charge in [-0.25, -0.2) is 4.79 Å². The van der Waals surface area contributed by atoms with E-state index in [9.17, 15) is 9.59 Å². The van der Waals surface area contributed by atoms with Crippen LogP contribution >= 0.6 is 0 Å². The molecule has 92 valence electrons. The molecule has 2 N–H and O–H groups in total. The maximum Gasteiger partial charge on any atom is 0.345 e. The number of anilines is 1. The zero-order valence-corrected chi connectivity index (χ0v) is 9.38. The van der Waals surface area contributed by atoms with Gasteiger partial charge in [-0.1, -0.05) is 5.16 Å². The number of hydrogen-bond donors (Lipinski definition) is 1. The summed E-state index contributed by atoms with van der Waals surface area (Å²) in [5, 5.41) is 3.52. The van der Waals surface area contributed by atoms with Crippen LogP contribution in [0.3, 0.4) is 0 Å². The highest BCUT2D eigenvalue weighted by Crippen LogP contribution is 2.25. The molecule has 1 saturated heterocycles. The first-order valence-corrected chi connectivity index (χ1v) is 5.31. The lowest BCUT2D eigenvalue weighted by molar-refractivity contribution is -0.117. The highest BCUT2D eigenvalue weighted by Gasteiger charge is 2.34. The van der Waals surface area contributed by atoms with Gasteiger partial charge in [0.2, 0.25) is 11.8 Å². The van der Waals surface area contributed by atoms with Crippen molar-refractivity contribution in [2.45, 2.75) is 19.4 Å². The van der Waals surface area contributed by atoms with Crippen LogP contribution in [0.4, 0.5) is 5.88 Å². The van der Waals surface area contributed by atoms with Gasteiger partial charge < -0.3 is 15.0 Å². The topological polar surface area (TPSA) is 98.7 Å². The van der Waals surface area contributed by atoms with E-state index < -0.39 is 5.97 Å². The molecule has 17 heavy (non-hydrogen) atoms. The van der Waals surface area contributed by atoms with Gasteiger partial charge in [-0.15, -0.1) is 0 Å². The van der Waals surface area contributed by atoms with Gasteiger partial charge in [0.15, 0.2) is 0 Å². The van der Waals surface area contributed by atoms with Crippen LogP contribution < -0.4 is 10.6 Å². The van der Waals surface area contributed by atoms with Crippen LogP contribution in [0.1, 0.15) is 23.7 Å². The van der Waals surface area contributed by atoms with Crippen molar-refractivity contribution in [1.82, 2.24) is 5.16 Å². The van der Waals surface area contributed by atoms with Gasteiger partial charge in [-0.3, -0.25) is 9.69 Å². The molecule has 0 aliphatic carbocycles. The van der Waals surface area contributed by atoms with E-state index in [0.717, 1.165) is 0 Å². The fourth-order valence-electron chi connectivity index (χ4n) is 1.71. The Morgan fingerprint density at radius 2 is 2.53 bits per heavy atom. The molecule has 1 aromatic heterocycles.